The number of carbonyl (C=O) groups is 2. The van der Waals surface area contributed by atoms with Crippen LogP contribution in [0.25, 0.3) is 10.9 Å². The van der Waals surface area contributed by atoms with Crippen LogP contribution >= 0.6 is 0 Å². The second-order valence-corrected chi connectivity index (χ2v) is 4.98. The number of fused-ring (bicyclic) bond motifs is 1. The summed E-state index contributed by atoms with van der Waals surface area (Å²) in [5.41, 5.74) is 0.810. The Kier molecular flexibility index (Phi) is 4.16. The molecule has 0 atom stereocenters. The predicted octanol–water partition coefficient (Wildman–Crippen LogP) is 2.31. The normalized spacial score (nSPS) is 10.9. The summed E-state index contributed by atoms with van der Waals surface area (Å²) in [5, 5.41) is 9.38. The van der Waals surface area contributed by atoms with Crippen LogP contribution in [-0.4, -0.2) is 39.5 Å². The van der Waals surface area contributed by atoms with Gasteiger partial charge in [0.1, 0.15) is 12.4 Å². The fraction of sp³-hybridized carbons (Fsp3) is 0.267. The molecule has 1 heterocycles. The molecule has 0 aliphatic rings. The third kappa shape index (κ3) is 3.34. The summed E-state index contributed by atoms with van der Waals surface area (Å²) in [6.07, 6.45) is 1.37. The zero-order valence-electron chi connectivity index (χ0n) is 11.7. The lowest BCUT2D eigenvalue weighted by atomic mass is 10.1. The molecule has 0 aliphatic heterocycles. The highest BCUT2D eigenvalue weighted by molar-refractivity contribution is 5.98. The largest absolute Gasteiger partial charge is 0.480 e. The molecule has 0 fully saturated rings. The van der Waals surface area contributed by atoms with Crippen LogP contribution in [0.1, 0.15) is 24.2 Å². The van der Waals surface area contributed by atoms with E-state index in [9.17, 15) is 14.0 Å². The van der Waals surface area contributed by atoms with Gasteiger partial charge in [-0.05, 0) is 38.1 Å². The minimum atomic E-state index is -1.09. The zero-order valence-corrected chi connectivity index (χ0v) is 11.7. The fourth-order valence-electron chi connectivity index (χ4n) is 2.02. The number of carboxylic acids is 1. The lowest BCUT2D eigenvalue weighted by Gasteiger charge is -2.24. The maximum atomic E-state index is 13.2. The fourth-order valence-corrected chi connectivity index (χ4v) is 2.02. The molecule has 2 aromatic rings. The van der Waals surface area contributed by atoms with Crippen molar-refractivity contribution in [1.29, 1.82) is 0 Å². The van der Waals surface area contributed by atoms with Gasteiger partial charge in [0.15, 0.2) is 0 Å². The minimum Gasteiger partial charge on any atom is -0.480 e. The van der Waals surface area contributed by atoms with Gasteiger partial charge in [0.05, 0.1) is 11.1 Å². The van der Waals surface area contributed by atoms with Crippen LogP contribution in [0.15, 0.2) is 30.5 Å². The molecule has 6 heteroatoms. The van der Waals surface area contributed by atoms with Gasteiger partial charge in [0.25, 0.3) is 5.91 Å². The number of pyridine rings is 1. The monoisotopic (exact) mass is 290 g/mol. The van der Waals surface area contributed by atoms with Gasteiger partial charge in [0.2, 0.25) is 0 Å². The molecule has 1 aromatic heterocycles. The number of hydrogen-bond donors (Lipinski definition) is 1. The Labute approximate surface area is 121 Å². The lowest BCUT2D eigenvalue weighted by Crippen LogP contribution is -2.40. The smallest absolute Gasteiger partial charge is 0.323 e. The van der Waals surface area contributed by atoms with E-state index in [2.05, 4.69) is 4.98 Å². The van der Waals surface area contributed by atoms with E-state index >= 15 is 0 Å². The van der Waals surface area contributed by atoms with Crippen LogP contribution in [-0.2, 0) is 4.79 Å². The first-order valence-corrected chi connectivity index (χ1v) is 6.46. The standard InChI is InChI=1S/C15H15FN2O3/c1-9(2)18(8-14(19)20)15(21)11-5-10-6-12(16)3-4-13(10)17-7-11/h3-7,9H,8H2,1-2H3,(H,19,20). The molecule has 1 amide bonds. The second kappa shape index (κ2) is 5.87. The summed E-state index contributed by atoms with van der Waals surface area (Å²) >= 11 is 0. The lowest BCUT2D eigenvalue weighted by molar-refractivity contribution is -0.138. The number of carbonyl (C=O) groups excluding carboxylic acids is 1. The van der Waals surface area contributed by atoms with Gasteiger partial charge >= 0.3 is 5.97 Å². The number of amides is 1. The Bertz CT molecular complexity index is 700. The van der Waals surface area contributed by atoms with Gasteiger partial charge in [-0.3, -0.25) is 14.6 Å². The van der Waals surface area contributed by atoms with Crippen molar-refractivity contribution < 1.29 is 19.1 Å². The van der Waals surface area contributed by atoms with Crippen molar-refractivity contribution in [2.24, 2.45) is 0 Å². The minimum absolute atomic E-state index is 0.239. The number of benzene rings is 1. The van der Waals surface area contributed by atoms with Gasteiger partial charge < -0.3 is 10.0 Å². The molecule has 5 nitrogen and oxygen atoms in total. The topological polar surface area (TPSA) is 70.5 Å². The Morgan fingerprint density at radius 1 is 1.33 bits per heavy atom. The van der Waals surface area contributed by atoms with Crippen molar-refractivity contribution in [1.82, 2.24) is 9.88 Å². The first kappa shape index (κ1) is 14.9. The molecular weight excluding hydrogens is 275 g/mol. The first-order chi connectivity index (χ1) is 9.88. The molecule has 0 saturated heterocycles. The SMILES string of the molecule is CC(C)N(CC(=O)O)C(=O)c1cnc2ccc(F)cc2c1. The highest BCUT2D eigenvalue weighted by Gasteiger charge is 2.21. The molecule has 2 rings (SSSR count). The van der Waals surface area contributed by atoms with Crippen molar-refractivity contribution in [2.75, 3.05) is 6.54 Å². The number of aliphatic carboxylic acids is 1. The van der Waals surface area contributed by atoms with Gasteiger partial charge in [-0.15, -0.1) is 0 Å². The number of carboxylic acid groups (broad SMARTS) is 1. The third-order valence-electron chi connectivity index (χ3n) is 3.08. The first-order valence-electron chi connectivity index (χ1n) is 6.46. The number of aromatic nitrogens is 1. The average Bonchev–Trinajstić information content (AvgIpc) is 2.42. The molecule has 0 aliphatic carbocycles. The average molecular weight is 290 g/mol. The summed E-state index contributed by atoms with van der Waals surface area (Å²) in [6, 6.07) is 5.36. The van der Waals surface area contributed by atoms with E-state index < -0.39 is 24.2 Å². The Balaban J connectivity index is 2.39. The Morgan fingerprint density at radius 2 is 2.05 bits per heavy atom. The quantitative estimate of drug-likeness (QED) is 0.938. The van der Waals surface area contributed by atoms with Crippen molar-refractivity contribution in [3.63, 3.8) is 0 Å². The molecule has 110 valence electrons. The highest BCUT2D eigenvalue weighted by Crippen LogP contribution is 2.16. The van der Waals surface area contributed by atoms with E-state index in [1.165, 1.54) is 35.4 Å². The van der Waals surface area contributed by atoms with E-state index in [1.54, 1.807) is 13.8 Å². The molecule has 1 aromatic carbocycles. The predicted molar refractivity (Wildman–Crippen MR) is 75.5 cm³/mol. The van der Waals surface area contributed by atoms with Crippen LogP contribution in [0, 0.1) is 5.82 Å². The Morgan fingerprint density at radius 3 is 2.67 bits per heavy atom. The summed E-state index contributed by atoms with van der Waals surface area (Å²) < 4.78 is 13.2. The number of hydrogen-bond acceptors (Lipinski definition) is 3. The zero-order chi connectivity index (χ0) is 15.6. The van der Waals surface area contributed by atoms with Gasteiger partial charge in [-0.1, -0.05) is 0 Å². The van der Waals surface area contributed by atoms with E-state index in [0.29, 0.717) is 10.9 Å². The van der Waals surface area contributed by atoms with Crippen LogP contribution in [0.5, 0.6) is 0 Å². The van der Waals surface area contributed by atoms with E-state index in [-0.39, 0.29) is 11.6 Å². The van der Waals surface area contributed by atoms with E-state index in [0.717, 1.165) is 0 Å². The molecule has 21 heavy (non-hydrogen) atoms. The molecule has 0 saturated carbocycles. The van der Waals surface area contributed by atoms with Crippen LogP contribution < -0.4 is 0 Å². The summed E-state index contributed by atoms with van der Waals surface area (Å²) in [5.74, 6) is -1.94. The number of rotatable bonds is 4. The van der Waals surface area contributed by atoms with E-state index in [1.807, 2.05) is 0 Å². The van der Waals surface area contributed by atoms with Gasteiger partial charge in [-0.25, -0.2) is 4.39 Å². The van der Waals surface area contributed by atoms with Crippen LogP contribution in [0.3, 0.4) is 0 Å². The third-order valence-corrected chi connectivity index (χ3v) is 3.08. The number of halogens is 1. The summed E-state index contributed by atoms with van der Waals surface area (Å²) in [7, 11) is 0. The number of nitrogens with zero attached hydrogens (tertiary/aromatic N) is 2. The second-order valence-electron chi connectivity index (χ2n) is 4.98. The van der Waals surface area contributed by atoms with Crippen molar-refractivity contribution >= 4 is 22.8 Å². The van der Waals surface area contributed by atoms with E-state index in [4.69, 9.17) is 5.11 Å². The summed E-state index contributed by atoms with van der Waals surface area (Å²) in [6.45, 7) is 3.07. The van der Waals surface area contributed by atoms with Crippen molar-refractivity contribution in [2.45, 2.75) is 19.9 Å². The van der Waals surface area contributed by atoms with Crippen LogP contribution in [0.2, 0.25) is 0 Å². The molecule has 0 radical (unpaired) electrons. The van der Waals surface area contributed by atoms with Crippen LogP contribution in [0.4, 0.5) is 4.39 Å². The maximum absolute atomic E-state index is 13.2. The Hall–Kier alpha value is -2.50. The highest BCUT2D eigenvalue weighted by atomic mass is 19.1. The van der Waals surface area contributed by atoms with Crippen molar-refractivity contribution in [3.8, 4) is 0 Å². The molecule has 0 spiro atoms. The molecule has 0 bridgehead atoms. The molecule has 0 unspecified atom stereocenters. The van der Waals surface area contributed by atoms with Gasteiger partial charge in [0, 0.05) is 17.6 Å². The maximum Gasteiger partial charge on any atom is 0.323 e. The molecule has 1 N–H and O–H groups in total. The molecular formula is C15H15FN2O3. The van der Waals surface area contributed by atoms with Crippen molar-refractivity contribution in [3.05, 3.63) is 41.8 Å². The van der Waals surface area contributed by atoms with Gasteiger partial charge in [-0.2, -0.15) is 0 Å². The summed E-state index contributed by atoms with van der Waals surface area (Å²) in [4.78, 5) is 28.6.